The zero-order valence-electron chi connectivity index (χ0n) is 83.4. The summed E-state index contributed by atoms with van der Waals surface area (Å²) < 4.78 is 56.9. The zero-order valence-corrected chi connectivity index (χ0v) is 86.6. The number of hydrogen-bond donors (Lipinski definition) is 5. The van der Waals surface area contributed by atoms with Crippen LogP contribution in [0.5, 0.6) is 34.5 Å². The first-order valence-corrected chi connectivity index (χ1v) is 48.4. The number of allylic oxidation sites excluding steroid dienone is 1. The van der Waals surface area contributed by atoms with E-state index in [-0.39, 0.29) is 66.3 Å². The van der Waals surface area contributed by atoms with Crippen LogP contribution in [0, 0.1) is 30.4 Å². The summed E-state index contributed by atoms with van der Waals surface area (Å²) in [6.45, 7) is 61.3. The summed E-state index contributed by atoms with van der Waals surface area (Å²) in [5, 5.41) is 19.7. The van der Waals surface area contributed by atoms with E-state index in [1.807, 2.05) is 189 Å². The van der Waals surface area contributed by atoms with Crippen LogP contribution in [0.4, 0.5) is 46.7 Å². The van der Waals surface area contributed by atoms with Crippen molar-refractivity contribution >= 4 is 121 Å². The molecule has 37 heteroatoms. The predicted molar refractivity (Wildman–Crippen MR) is 550 cm³/mol. The fraction of sp³-hybridized carbons (Fsp3) is 0.471. The van der Waals surface area contributed by atoms with E-state index in [2.05, 4.69) is 91.2 Å². The highest BCUT2D eigenvalue weighted by Gasteiger charge is 2.34. The number of phenolic OH excluding ortho intramolecular Hbond substituents is 1. The van der Waals surface area contributed by atoms with Crippen LogP contribution in [0.25, 0.3) is 27.9 Å². The van der Waals surface area contributed by atoms with E-state index in [0.717, 1.165) is 168 Å². The van der Waals surface area contributed by atoms with Crippen LogP contribution in [0.15, 0.2) is 148 Å². The Balaban J connectivity index is 0.000000186. The fourth-order valence-electron chi connectivity index (χ4n) is 15.1. The van der Waals surface area contributed by atoms with Crippen molar-refractivity contribution in [3.8, 4) is 40.6 Å². The number of hydrogen-bond acceptors (Lipinski definition) is 26. The maximum Gasteiger partial charge on any atom is 0.410 e. The van der Waals surface area contributed by atoms with Gasteiger partial charge >= 0.3 is 30.5 Å². The smallest absolute Gasteiger partial charge is 0.410 e. The number of fused-ring (bicyclic) bond motifs is 5. The lowest BCUT2D eigenvalue weighted by atomic mass is 9.96. The van der Waals surface area contributed by atoms with Gasteiger partial charge < -0.3 is 119 Å². The van der Waals surface area contributed by atoms with E-state index in [4.69, 9.17) is 88.1 Å². The largest absolute Gasteiger partial charge is 0.507 e. The van der Waals surface area contributed by atoms with Gasteiger partial charge in [-0.25, -0.2) is 33.7 Å². The molecule has 758 valence electrons. The van der Waals surface area contributed by atoms with Gasteiger partial charge in [0.05, 0.1) is 36.3 Å². The maximum absolute atomic E-state index is 12.2. The van der Waals surface area contributed by atoms with Crippen molar-refractivity contribution in [3.63, 3.8) is 0 Å². The van der Waals surface area contributed by atoms with Gasteiger partial charge in [0, 0.05) is 216 Å². The maximum atomic E-state index is 12.2. The average molecular weight is 2070 g/mol. The quantitative estimate of drug-likeness (QED) is 0.0429. The number of amides is 7. The Hall–Kier alpha value is -13.4. The van der Waals surface area contributed by atoms with Crippen LogP contribution >= 0.6 is 31.9 Å². The number of aldehydes is 1. The Bertz CT molecular complexity index is 5600. The van der Waals surface area contributed by atoms with E-state index < -0.39 is 28.3 Å². The third kappa shape index (κ3) is 36.0. The number of primary amides is 2. The summed E-state index contributed by atoms with van der Waals surface area (Å²) in [4.78, 5) is 117. The number of nitrogens with one attached hydrogen (secondary N) is 1. The predicted octanol–water partition coefficient (Wildman–Crippen LogP) is 15.8. The molecule has 10 aliphatic heterocycles. The first-order valence-electron chi connectivity index (χ1n) is 46.8. The number of benzene rings is 6. The van der Waals surface area contributed by atoms with Gasteiger partial charge in [-0.2, -0.15) is 5.26 Å². The average Bonchev–Trinajstić information content (AvgIpc) is 0.805. The van der Waals surface area contributed by atoms with Crippen molar-refractivity contribution < 1.29 is 90.8 Å². The molecule has 10 heterocycles. The molecule has 0 aromatic heterocycles. The number of nitrogens with zero attached hydrogens (tertiary/aromatic N) is 12. The molecule has 0 saturated carbocycles. The highest BCUT2D eigenvalue weighted by Crippen LogP contribution is 2.38. The van der Waals surface area contributed by atoms with Crippen molar-refractivity contribution in [2.45, 2.75) is 151 Å². The fourth-order valence-corrected chi connectivity index (χ4v) is 15.8. The van der Waals surface area contributed by atoms with Gasteiger partial charge in [-0.1, -0.05) is 62.7 Å². The number of anilines is 4. The molecular formula is C104H134Br2N16O19. The molecule has 0 radical (unpaired) electrons. The second kappa shape index (κ2) is 51.1. The standard InChI is InChI=1S/C19H27N3O4.C19H25N3O4.C19H23N3O3.C18H27N3O3.C10H6BrNO.C9H18N2O2.C7H5BrO2.C3H3N/c2*1-19(2,3)26-18(24)22-8-6-21(7-9-22)15-5-4-13-10-14(17(20)23)12-25-16(13)11-15;1-19(2,3)25-18(23)22-9-7-21(8-10-22)16-6-5-14-11-15(20-4)13-24-17(14)12-16;1-18(2,3)24-17(22)21-8-6-20(7-9-21)15-5-4-13-10-14(19)12-23-16(13)11-15;1-12-9-4-7-2-3-8(11)5-10(7)13-6-9;1-9(2,3)13-8(12)11-6-4-10-5-7-11;8-6-2-1-5(4-9)7(10)3-6;1-2-3-4/h4-5,11,14H,6-10,12H2,1-3H3,(H2,20,23);4-5,10-11H,6-9,12H2,1-3H3,(H2,20,23);5-6,11-12H,7-10,13H2,1-3H3;4-5,11,14H,6-10,12,19H2,1-3H3;2-5H,6H2;10H,4-7H2,1-3H3;1-4,10H;2H,1H2. The number of nitriles is 1. The number of aromatic hydroxyl groups is 1. The molecule has 10 aliphatic rings. The molecule has 16 rings (SSSR count). The SMILES string of the molecule is C=CC#N.CC(C)(C)OC(=O)N1CCN(c2ccc3c(c2)OCC(C(N)=O)=C3)CC1.CC(C)(C)OC(=O)N1CCN(c2ccc3c(c2)OCC(C(N)=O)C3)CC1.CC(C)(C)OC(=O)N1CCN(c2ccc3c(c2)OCC(N)C3)CC1.CC(C)(C)OC(=O)N1CCNCC1.O=Cc1ccc(Br)cc1O.[C-]#[N+]C1=Cc2ccc(Br)cc2OC1.[C-]#[N+]C1=Cc2ccc(N3CCN(C(=O)OC(C)(C)C)CC3)cc2OC1. The van der Waals surface area contributed by atoms with E-state index >= 15 is 0 Å². The van der Waals surface area contributed by atoms with E-state index in [9.17, 15) is 38.4 Å². The van der Waals surface area contributed by atoms with Gasteiger partial charge in [-0.15, -0.1) is 0 Å². The summed E-state index contributed by atoms with van der Waals surface area (Å²) in [6, 6.07) is 36.5. The summed E-state index contributed by atoms with van der Waals surface area (Å²) in [7, 11) is 0. The summed E-state index contributed by atoms with van der Waals surface area (Å²) in [5.74, 6) is 3.09. The second-order valence-electron chi connectivity index (χ2n) is 39.2. The number of piperazine rings is 5. The van der Waals surface area contributed by atoms with Crippen LogP contribution in [0.1, 0.15) is 142 Å². The molecule has 0 bridgehead atoms. The van der Waals surface area contributed by atoms with Gasteiger partial charge in [0.25, 0.3) is 0 Å². The Morgan fingerprint density at radius 2 is 0.766 bits per heavy atom. The Morgan fingerprint density at radius 1 is 0.447 bits per heavy atom. The van der Waals surface area contributed by atoms with Gasteiger partial charge in [0.15, 0.2) is 6.29 Å². The highest BCUT2D eigenvalue weighted by molar-refractivity contribution is 9.10. The lowest BCUT2D eigenvalue weighted by molar-refractivity contribution is -0.123. The number of carbonyl (C=O) groups is 8. The van der Waals surface area contributed by atoms with Crippen molar-refractivity contribution in [2.75, 3.05) is 184 Å². The molecule has 0 spiro atoms. The molecule has 35 nitrogen and oxygen atoms in total. The lowest BCUT2D eigenvalue weighted by Crippen LogP contribution is -2.50. The van der Waals surface area contributed by atoms with Crippen LogP contribution < -0.4 is 65.8 Å². The molecule has 2 unspecified atom stereocenters. The molecular weight excluding hydrogens is 1940 g/mol. The third-order valence-electron chi connectivity index (χ3n) is 22.2. The van der Waals surface area contributed by atoms with Crippen LogP contribution in [0.2, 0.25) is 0 Å². The molecule has 2 atom stereocenters. The summed E-state index contributed by atoms with van der Waals surface area (Å²) in [5.41, 5.74) is 25.6. The van der Waals surface area contributed by atoms with Gasteiger partial charge in [0.1, 0.15) is 95.5 Å². The summed E-state index contributed by atoms with van der Waals surface area (Å²) >= 11 is 6.51. The van der Waals surface area contributed by atoms with Crippen molar-refractivity contribution in [1.29, 1.82) is 5.26 Å². The highest BCUT2D eigenvalue weighted by atomic mass is 79.9. The number of rotatable bonds is 7. The van der Waals surface area contributed by atoms with Crippen LogP contribution in [-0.2, 0) is 46.1 Å². The summed E-state index contributed by atoms with van der Waals surface area (Å²) in [6.07, 6.45) is 7.57. The molecule has 5 saturated heterocycles. The molecule has 141 heavy (non-hydrogen) atoms. The Morgan fingerprint density at radius 3 is 1.11 bits per heavy atom. The second-order valence-corrected chi connectivity index (χ2v) is 41.0. The minimum absolute atomic E-state index is 0.00405. The van der Waals surface area contributed by atoms with Gasteiger partial charge in [0.2, 0.25) is 23.2 Å². The first kappa shape index (κ1) is 111. The molecule has 6 aromatic rings. The van der Waals surface area contributed by atoms with Crippen molar-refractivity contribution in [1.82, 2.24) is 29.8 Å². The number of phenols is 1. The number of nitrogens with two attached hydrogens (primary N) is 3. The molecule has 0 aliphatic carbocycles. The molecule has 5 fully saturated rings. The molecule has 6 aromatic carbocycles. The minimum Gasteiger partial charge on any atom is -0.507 e. The number of carbonyl (C=O) groups excluding carboxylic acids is 8. The van der Waals surface area contributed by atoms with Crippen molar-refractivity contribution in [2.24, 2.45) is 23.1 Å². The van der Waals surface area contributed by atoms with E-state index in [1.54, 1.807) is 48.8 Å². The number of ether oxygens (including phenoxy) is 10. The van der Waals surface area contributed by atoms with Crippen LogP contribution in [-0.4, -0.2) is 276 Å². The Kier molecular flexibility index (Phi) is 40.3. The minimum atomic E-state index is -0.485. The normalized spacial score (nSPS) is 17.2. The van der Waals surface area contributed by atoms with Gasteiger partial charge in [-0.3, -0.25) is 14.4 Å². The zero-order chi connectivity index (χ0) is 103. The molecule has 7 amide bonds. The van der Waals surface area contributed by atoms with E-state index in [1.165, 1.54) is 17.7 Å². The van der Waals surface area contributed by atoms with Crippen LogP contribution in [0.3, 0.4) is 0 Å². The lowest BCUT2D eigenvalue weighted by Gasteiger charge is -2.37. The topological polar surface area (TPSA) is 401 Å². The van der Waals surface area contributed by atoms with Crippen molar-refractivity contribution in [3.05, 3.63) is 204 Å². The van der Waals surface area contributed by atoms with Gasteiger partial charge in [-0.05, 0) is 207 Å². The first-order chi connectivity index (χ1) is 66.6. The third-order valence-corrected chi connectivity index (χ3v) is 23.2. The monoisotopic (exact) mass is 2070 g/mol. The molecule has 8 N–H and O–H groups in total. The Labute approximate surface area is 844 Å². The number of halogens is 2. The van der Waals surface area contributed by atoms with E-state index in [0.29, 0.717) is 114 Å².